The highest BCUT2D eigenvalue weighted by molar-refractivity contribution is 5.87. The summed E-state index contributed by atoms with van der Waals surface area (Å²) < 4.78 is 2.11. The van der Waals surface area contributed by atoms with Crippen LogP contribution in [0.2, 0.25) is 0 Å². The maximum Gasteiger partial charge on any atom is 0.187 e. The third-order valence-electron chi connectivity index (χ3n) is 4.88. The number of rotatable bonds is 7. The van der Waals surface area contributed by atoms with Gasteiger partial charge in [0.1, 0.15) is 0 Å². The molecule has 1 aliphatic rings. The molecule has 2 N–H and O–H groups in total. The number of H-pyrrole nitrogens is 1. The lowest BCUT2D eigenvalue weighted by Crippen LogP contribution is -2.19. The zero-order chi connectivity index (χ0) is 16.4. The normalized spacial score (nSPS) is 19.5. The number of nitrogens with one attached hydrogen (secondary N) is 2. The van der Waals surface area contributed by atoms with Crippen LogP contribution in [0, 0.1) is 12.5 Å². The second-order valence-electron chi connectivity index (χ2n) is 6.55. The number of aromatic nitrogens is 3. The number of aromatic amines is 1. The van der Waals surface area contributed by atoms with E-state index in [9.17, 15) is 0 Å². The van der Waals surface area contributed by atoms with E-state index >= 15 is 0 Å². The molecule has 2 heterocycles. The van der Waals surface area contributed by atoms with Crippen molar-refractivity contribution in [3.63, 3.8) is 0 Å². The molecule has 3 aromatic rings. The molecule has 2 aromatic heterocycles. The van der Waals surface area contributed by atoms with Crippen LogP contribution in [0.15, 0.2) is 43.1 Å². The van der Waals surface area contributed by atoms with Crippen molar-refractivity contribution in [2.75, 3.05) is 13.1 Å². The van der Waals surface area contributed by atoms with Crippen molar-refractivity contribution in [1.29, 1.82) is 0 Å². The maximum absolute atomic E-state index is 7.19. The molecule has 0 radical (unpaired) electrons. The second-order valence-corrected chi connectivity index (χ2v) is 6.55. The molecule has 122 valence electrons. The fourth-order valence-corrected chi connectivity index (χ4v) is 3.45. The van der Waals surface area contributed by atoms with Gasteiger partial charge in [0.2, 0.25) is 0 Å². The van der Waals surface area contributed by atoms with Crippen LogP contribution in [-0.2, 0) is 6.54 Å². The lowest BCUT2D eigenvalue weighted by atomic mass is 10.1. The summed E-state index contributed by atoms with van der Waals surface area (Å²) in [5.74, 6) is 1.34. The first kappa shape index (κ1) is 15.0. The van der Waals surface area contributed by atoms with E-state index in [1.807, 2.05) is 36.9 Å². The van der Waals surface area contributed by atoms with Crippen molar-refractivity contribution in [2.45, 2.75) is 25.3 Å². The minimum atomic E-state index is 0.626. The standard InChI is InChI=1S/C19H21N5/c1-20-15-3-4-19-17(10-15)18(12-23-19)16-9-14(16)11-21-5-2-7-24-8-6-22-13-24/h3-4,6,8,10,12-14,16,21,23H,2,5,7,9,11H2. The fourth-order valence-electron chi connectivity index (χ4n) is 3.45. The Hall–Kier alpha value is -2.58. The predicted molar refractivity (Wildman–Crippen MR) is 95.1 cm³/mol. The number of fused-ring (bicyclic) bond motifs is 1. The molecule has 1 fully saturated rings. The van der Waals surface area contributed by atoms with Crippen LogP contribution >= 0.6 is 0 Å². The van der Waals surface area contributed by atoms with E-state index in [-0.39, 0.29) is 0 Å². The number of hydrogen-bond donors (Lipinski definition) is 2. The Kier molecular flexibility index (Phi) is 4.06. The van der Waals surface area contributed by atoms with Gasteiger partial charge in [-0.1, -0.05) is 6.07 Å². The van der Waals surface area contributed by atoms with Gasteiger partial charge in [0.25, 0.3) is 0 Å². The Balaban J connectivity index is 1.28. The smallest absolute Gasteiger partial charge is 0.187 e. The zero-order valence-electron chi connectivity index (χ0n) is 13.6. The Morgan fingerprint density at radius 2 is 2.38 bits per heavy atom. The molecule has 0 bridgehead atoms. The number of benzene rings is 1. The minimum absolute atomic E-state index is 0.626. The third kappa shape index (κ3) is 3.06. The van der Waals surface area contributed by atoms with Gasteiger partial charge < -0.3 is 14.9 Å². The zero-order valence-corrected chi connectivity index (χ0v) is 13.6. The molecule has 1 saturated carbocycles. The molecular formula is C19H21N5. The summed E-state index contributed by atoms with van der Waals surface area (Å²) in [5.41, 5.74) is 3.23. The maximum atomic E-state index is 7.19. The molecule has 2 unspecified atom stereocenters. The lowest BCUT2D eigenvalue weighted by Gasteiger charge is -2.05. The first-order valence-corrected chi connectivity index (χ1v) is 8.50. The summed E-state index contributed by atoms with van der Waals surface area (Å²) in [6, 6.07) is 5.90. The summed E-state index contributed by atoms with van der Waals surface area (Å²) in [4.78, 5) is 10.9. The van der Waals surface area contributed by atoms with E-state index in [4.69, 9.17) is 6.57 Å². The summed E-state index contributed by atoms with van der Waals surface area (Å²) in [7, 11) is 0. The van der Waals surface area contributed by atoms with Crippen LogP contribution in [0.3, 0.4) is 0 Å². The van der Waals surface area contributed by atoms with Gasteiger partial charge in [-0.05, 0) is 60.8 Å². The molecule has 0 aliphatic heterocycles. The topological polar surface area (TPSA) is 50.0 Å². The van der Waals surface area contributed by atoms with E-state index in [1.54, 1.807) is 0 Å². The van der Waals surface area contributed by atoms with E-state index in [0.717, 1.165) is 37.3 Å². The lowest BCUT2D eigenvalue weighted by molar-refractivity contribution is 0.561. The molecule has 0 saturated heterocycles. The van der Waals surface area contributed by atoms with E-state index < -0.39 is 0 Å². The van der Waals surface area contributed by atoms with Crippen LogP contribution in [0.4, 0.5) is 5.69 Å². The van der Waals surface area contributed by atoms with Crippen molar-refractivity contribution in [3.05, 3.63) is 60.1 Å². The van der Waals surface area contributed by atoms with Crippen LogP contribution in [0.1, 0.15) is 24.3 Å². The molecule has 24 heavy (non-hydrogen) atoms. The Morgan fingerprint density at radius 3 is 3.21 bits per heavy atom. The van der Waals surface area contributed by atoms with Gasteiger partial charge in [-0.2, -0.15) is 0 Å². The molecule has 4 rings (SSSR count). The fraction of sp³-hybridized carbons (Fsp3) is 0.368. The minimum Gasteiger partial charge on any atom is -0.361 e. The van der Waals surface area contributed by atoms with Crippen LogP contribution < -0.4 is 5.32 Å². The molecule has 1 aliphatic carbocycles. The summed E-state index contributed by atoms with van der Waals surface area (Å²) in [6.07, 6.45) is 10.2. The average molecular weight is 319 g/mol. The highest BCUT2D eigenvalue weighted by Crippen LogP contribution is 2.49. The highest BCUT2D eigenvalue weighted by Gasteiger charge is 2.39. The molecule has 5 nitrogen and oxygen atoms in total. The second kappa shape index (κ2) is 6.50. The quantitative estimate of drug-likeness (QED) is 0.515. The van der Waals surface area contributed by atoms with Crippen molar-refractivity contribution in [2.24, 2.45) is 5.92 Å². The Bertz CT molecular complexity index is 856. The number of imidazole rings is 1. The van der Waals surface area contributed by atoms with Gasteiger partial charge in [-0.3, -0.25) is 0 Å². The van der Waals surface area contributed by atoms with Gasteiger partial charge in [-0.25, -0.2) is 9.83 Å². The number of hydrogen-bond acceptors (Lipinski definition) is 2. The summed E-state index contributed by atoms with van der Waals surface area (Å²) >= 11 is 0. The van der Waals surface area contributed by atoms with Crippen molar-refractivity contribution in [3.8, 4) is 0 Å². The first-order valence-electron chi connectivity index (χ1n) is 8.50. The van der Waals surface area contributed by atoms with E-state index in [2.05, 4.69) is 30.9 Å². The largest absolute Gasteiger partial charge is 0.361 e. The van der Waals surface area contributed by atoms with Gasteiger partial charge in [-0.15, -0.1) is 0 Å². The van der Waals surface area contributed by atoms with E-state index in [1.165, 1.54) is 17.4 Å². The van der Waals surface area contributed by atoms with Gasteiger partial charge in [0.15, 0.2) is 5.69 Å². The molecule has 0 spiro atoms. The average Bonchev–Trinajstić information content (AvgIpc) is 3.01. The van der Waals surface area contributed by atoms with Crippen LogP contribution in [0.5, 0.6) is 0 Å². The Labute approximate surface area is 141 Å². The van der Waals surface area contributed by atoms with Crippen molar-refractivity contribution < 1.29 is 0 Å². The van der Waals surface area contributed by atoms with Crippen LogP contribution in [-0.4, -0.2) is 27.6 Å². The first-order chi connectivity index (χ1) is 11.8. The summed E-state index contributed by atoms with van der Waals surface area (Å²) in [6.45, 7) is 10.3. The monoisotopic (exact) mass is 319 g/mol. The molecule has 5 heteroatoms. The van der Waals surface area contributed by atoms with Gasteiger partial charge in [0.05, 0.1) is 12.9 Å². The molecule has 2 atom stereocenters. The van der Waals surface area contributed by atoms with Gasteiger partial charge in [0, 0.05) is 30.7 Å². The third-order valence-corrected chi connectivity index (χ3v) is 4.88. The predicted octanol–water partition coefficient (Wildman–Crippen LogP) is 3.70. The molecule has 0 amide bonds. The molecular weight excluding hydrogens is 298 g/mol. The van der Waals surface area contributed by atoms with Crippen molar-refractivity contribution >= 4 is 16.6 Å². The Morgan fingerprint density at radius 1 is 1.42 bits per heavy atom. The summed E-state index contributed by atoms with van der Waals surface area (Å²) in [5, 5.41) is 4.80. The van der Waals surface area contributed by atoms with E-state index in [0.29, 0.717) is 11.8 Å². The highest BCUT2D eigenvalue weighted by atomic mass is 15.0. The SMILES string of the molecule is [C-]#[N+]c1ccc2[nH]cc(C3CC3CNCCCn3ccnc3)c2c1. The molecule has 1 aromatic carbocycles. The number of aryl methyl sites for hydroxylation is 1. The number of nitrogens with zero attached hydrogens (tertiary/aromatic N) is 3. The van der Waals surface area contributed by atoms with Crippen LogP contribution in [0.25, 0.3) is 15.7 Å². The van der Waals surface area contributed by atoms with Crippen molar-refractivity contribution in [1.82, 2.24) is 19.9 Å². The van der Waals surface area contributed by atoms with Gasteiger partial charge >= 0.3 is 0 Å².